The van der Waals surface area contributed by atoms with Crippen molar-refractivity contribution in [1.82, 2.24) is 9.88 Å². The standard InChI is InChI=1S/C15H20N4O2/c1-21-10-7-15(20)19-8-5-12(6-9-19)17-14-4-2-3-13(11-16)18-14/h2-4,12H,5-10H2,1H3,(H,17,18). The average Bonchev–Trinajstić information content (AvgIpc) is 2.53. The van der Waals surface area contributed by atoms with Crippen LogP contribution in [0.4, 0.5) is 5.82 Å². The zero-order valence-electron chi connectivity index (χ0n) is 12.2. The molecule has 1 saturated heterocycles. The lowest BCUT2D eigenvalue weighted by molar-refractivity contribution is -0.133. The Hall–Kier alpha value is -2.13. The van der Waals surface area contributed by atoms with E-state index in [9.17, 15) is 4.79 Å². The van der Waals surface area contributed by atoms with Crippen LogP contribution in [-0.2, 0) is 9.53 Å². The molecule has 0 aliphatic carbocycles. The molecule has 112 valence electrons. The zero-order valence-corrected chi connectivity index (χ0v) is 12.2. The van der Waals surface area contributed by atoms with Crippen LogP contribution in [0.15, 0.2) is 18.2 Å². The molecular weight excluding hydrogens is 268 g/mol. The van der Waals surface area contributed by atoms with Gasteiger partial charge in [-0.05, 0) is 25.0 Å². The zero-order chi connectivity index (χ0) is 15.1. The van der Waals surface area contributed by atoms with Gasteiger partial charge in [0.05, 0.1) is 13.0 Å². The van der Waals surface area contributed by atoms with Gasteiger partial charge in [-0.3, -0.25) is 4.79 Å². The summed E-state index contributed by atoms with van der Waals surface area (Å²) < 4.78 is 4.93. The molecular formula is C15H20N4O2. The molecule has 2 heterocycles. The van der Waals surface area contributed by atoms with E-state index >= 15 is 0 Å². The average molecular weight is 288 g/mol. The van der Waals surface area contributed by atoms with Crippen molar-refractivity contribution in [3.05, 3.63) is 23.9 Å². The fourth-order valence-electron chi connectivity index (χ4n) is 2.41. The molecule has 1 aliphatic heterocycles. The number of pyridine rings is 1. The van der Waals surface area contributed by atoms with Crippen molar-refractivity contribution in [3.63, 3.8) is 0 Å². The van der Waals surface area contributed by atoms with Gasteiger partial charge in [-0.25, -0.2) is 4.98 Å². The molecule has 21 heavy (non-hydrogen) atoms. The van der Waals surface area contributed by atoms with Gasteiger partial charge in [-0.2, -0.15) is 5.26 Å². The van der Waals surface area contributed by atoms with E-state index in [2.05, 4.69) is 10.3 Å². The van der Waals surface area contributed by atoms with Gasteiger partial charge < -0.3 is 15.0 Å². The molecule has 1 amide bonds. The first-order valence-electron chi connectivity index (χ1n) is 7.13. The predicted octanol–water partition coefficient (Wildman–Crippen LogP) is 1.39. The Balaban J connectivity index is 1.81. The van der Waals surface area contributed by atoms with E-state index in [1.807, 2.05) is 23.1 Å². The number of carbonyl (C=O) groups is 1. The van der Waals surface area contributed by atoms with Crippen molar-refractivity contribution in [2.24, 2.45) is 0 Å². The molecule has 6 heteroatoms. The second-order valence-electron chi connectivity index (χ2n) is 5.06. The summed E-state index contributed by atoms with van der Waals surface area (Å²) in [7, 11) is 1.60. The highest BCUT2D eigenvalue weighted by Crippen LogP contribution is 2.16. The monoisotopic (exact) mass is 288 g/mol. The molecule has 0 spiro atoms. The minimum absolute atomic E-state index is 0.153. The highest BCUT2D eigenvalue weighted by Gasteiger charge is 2.22. The number of rotatable bonds is 5. The Morgan fingerprint density at radius 1 is 1.52 bits per heavy atom. The number of aromatic nitrogens is 1. The molecule has 2 rings (SSSR count). The van der Waals surface area contributed by atoms with E-state index in [0.29, 0.717) is 18.7 Å². The molecule has 0 radical (unpaired) electrons. The summed E-state index contributed by atoms with van der Waals surface area (Å²) in [6.07, 6.45) is 2.22. The number of anilines is 1. The van der Waals surface area contributed by atoms with E-state index in [-0.39, 0.29) is 11.9 Å². The fraction of sp³-hybridized carbons (Fsp3) is 0.533. The molecule has 0 bridgehead atoms. The Morgan fingerprint density at radius 2 is 2.29 bits per heavy atom. The number of nitriles is 1. The Labute approximate surface area is 124 Å². The largest absolute Gasteiger partial charge is 0.384 e. The third kappa shape index (κ3) is 4.43. The van der Waals surface area contributed by atoms with E-state index in [4.69, 9.17) is 10.00 Å². The van der Waals surface area contributed by atoms with Crippen LogP contribution >= 0.6 is 0 Å². The van der Waals surface area contributed by atoms with Gasteiger partial charge >= 0.3 is 0 Å². The van der Waals surface area contributed by atoms with Crippen LogP contribution in [0, 0.1) is 11.3 Å². The van der Waals surface area contributed by atoms with Crippen LogP contribution < -0.4 is 5.32 Å². The number of ether oxygens (including phenoxy) is 1. The van der Waals surface area contributed by atoms with Crippen molar-refractivity contribution < 1.29 is 9.53 Å². The number of methoxy groups -OCH3 is 1. The summed E-state index contributed by atoms with van der Waals surface area (Å²) >= 11 is 0. The SMILES string of the molecule is COCCC(=O)N1CCC(Nc2cccc(C#N)n2)CC1. The maximum Gasteiger partial charge on any atom is 0.224 e. The van der Waals surface area contributed by atoms with E-state index in [1.165, 1.54) is 0 Å². The van der Waals surface area contributed by atoms with Gasteiger partial charge in [0.2, 0.25) is 5.91 Å². The number of likely N-dealkylation sites (tertiary alicyclic amines) is 1. The maximum absolute atomic E-state index is 11.9. The van der Waals surface area contributed by atoms with Crippen LogP contribution in [0.3, 0.4) is 0 Å². The van der Waals surface area contributed by atoms with Crippen LogP contribution in [0.25, 0.3) is 0 Å². The smallest absolute Gasteiger partial charge is 0.224 e. The highest BCUT2D eigenvalue weighted by atomic mass is 16.5. The molecule has 0 aromatic carbocycles. The molecule has 1 aromatic rings. The number of hydrogen-bond donors (Lipinski definition) is 1. The van der Waals surface area contributed by atoms with Gasteiger partial charge in [0.15, 0.2) is 0 Å². The minimum atomic E-state index is 0.153. The fourth-order valence-corrected chi connectivity index (χ4v) is 2.41. The summed E-state index contributed by atoms with van der Waals surface area (Å²) in [6.45, 7) is 1.97. The third-order valence-corrected chi connectivity index (χ3v) is 3.58. The summed E-state index contributed by atoms with van der Waals surface area (Å²) in [5.74, 6) is 0.873. The molecule has 1 aromatic heterocycles. The second kappa shape index (κ2) is 7.60. The Bertz CT molecular complexity index is 519. The van der Waals surface area contributed by atoms with Crippen molar-refractivity contribution >= 4 is 11.7 Å². The van der Waals surface area contributed by atoms with Crippen molar-refractivity contribution in [3.8, 4) is 6.07 Å². The van der Waals surface area contributed by atoms with Crippen molar-refractivity contribution in [1.29, 1.82) is 5.26 Å². The van der Waals surface area contributed by atoms with Gasteiger partial charge in [-0.1, -0.05) is 6.07 Å². The van der Waals surface area contributed by atoms with E-state index in [1.54, 1.807) is 13.2 Å². The summed E-state index contributed by atoms with van der Waals surface area (Å²) in [5, 5.41) is 12.2. The van der Waals surface area contributed by atoms with Crippen LogP contribution in [0.2, 0.25) is 0 Å². The maximum atomic E-state index is 11.9. The first kappa shape index (κ1) is 15.3. The number of hydrogen-bond acceptors (Lipinski definition) is 5. The number of nitrogens with one attached hydrogen (secondary N) is 1. The van der Waals surface area contributed by atoms with Crippen LogP contribution in [0.1, 0.15) is 25.0 Å². The second-order valence-corrected chi connectivity index (χ2v) is 5.06. The number of carbonyl (C=O) groups excluding carboxylic acids is 1. The topological polar surface area (TPSA) is 78.2 Å². The van der Waals surface area contributed by atoms with E-state index in [0.717, 1.165) is 31.7 Å². The minimum Gasteiger partial charge on any atom is -0.384 e. The predicted molar refractivity (Wildman–Crippen MR) is 78.7 cm³/mol. The molecule has 6 nitrogen and oxygen atoms in total. The first-order valence-corrected chi connectivity index (χ1v) is 7.13. The number of piperidine rings is 1. The lowest BCUT2D eigenvalue weighted by atomic mass is 10.0. The lowest BCUT2D eigenvalue weighted by Gasteiger charge is -2.32. The van der Waals surface area contributed by atoms with E-state index < -0.39 is 0 Å². The number of amides is 1. The third-order valence-electron chi connectivity index (χ3n) is 3.58. The molecule has 1 aliphatic rings. The normalized spacial score (nSPS) is 15.5. The first-order chi connectivity index (χ1) is 10.2. The summed E-state index contributed by atoms with van der Waals surface area (Å²) in [6, 6.07) is 7.68. The summed E-state index contributed by atoms with van der Waals surface area (Å²) in [5.41, 5.74) is 0.409. The van der Waals surface area contributed by atoms with Crippen molar-refractivity contribution in [2.75, 3.05) is 32.1 Å². The lowest BCUT2D eigenvalue weighted by Crippen LogP contribution is -2.42. The highest BCUT2D eigenvalue weighted by molar-refractivity contribution is 5.76. The van der Waals surface area contributed by atoms with Gasteiger partial charge in [-0.15, -0.1) is 0 Å². The van der Waals surface area contributed by atoms with Crippen LogP contribution in [-0.4, -0.2) is 48.6 Å². The van der Waals surface area contributed by atoms with Gasteiger partial charge in [0.1, 0.15) is 17.6 Å². The molecule has 1 fully saturated rings. The molecule has 0 atom stereocenters. The summed E-state index contributed by atoms with van der Waals surface area (Å²) in [4.78, 5) is 18.0. The van der Waals surface area contributed by atoms with Crippen LogP contribution in [0.5, 0.6) is 0 Å². The number of nitrogens with zero attached hydrogens (tertiary/aromatic N) is 3. The molecule has 1 N–H and O–H groups in total. The van der Waals surface area contributed by atoms with Crippen molar-refractivity contribution in [2.45, 2.75) is 25.3 Å². The molecule has 0 unspecified atom stereocenters. The Kier molecular flexibility index (Phi) is 5.52. The quantitative estimate of drug-likeness (QED) is 0.886. The Morgan fingerprint density at radius 3 is 2.95 bits per heavy atom. The molecule has 0 saturated carbocycles. The van der Waals surface area contributed by atoms with Gasteiger partial charge in [0, 0.05) is 26.2 Å². The van der Waals surface area contributed by atoms with Gasteiger partial charge in [0.25, 0.3) is 0 Å².